The summed E-state index contributed by atoms with van der Waals surface area (Å²) in [5.74, 6) is 0.792. The molecule has 0 radical (unpaired) electrons. The van der Waals surface area contributed by atoms with Crippen molar-refractivity contribution in [3.63, 3.8) is 0 Å². The van der Waals surface area contributed by atoms with E-state index in [2.05, 4.69) is 4.98 Å². The first-order valence-corrected chi connectivity index (χ1v) is 6.69. The van der Waals surface area contributed by atoms with E-state index in [1.165, 1.54) is 11.3 Å². The van der Waals surface area contributed by atoms with E-state index in [1.54, 1.807) is 25.1 Å². The van der Waals surface area contributed by atoms with Crippen LogP contribution in [0, 0.1) is 6.92 Å². The van der Waals surface area contributed by atoms with Gasteiger partial charge < -0.3 is 9.15 Å². The number of aromatic nitrogens is 1. The van der Waals surface area contributed by atoms with Crippen LogP contribution in [0.1, 0.15) is 10.8 Å². The minimum Gasteiger partial charge on any atom is -0.441 e. The number of hydrogen-bond acceptors (Lipinski definition) is 5. The molecule has 0 amide bonds. The maximum atomic E-state index is 11.8. The van der Waals surface area contributed by atoms with Gasteiger partial charge in [0.15, 0.2) is 11.5 Å². The molecule has 3 aromatic rings. The van der Waals surface area contributed by atoms with Crippen molar-refractivity contribution in [2.24, 2.45) is 0 Å². The highest BCUT2D eigenvalue weighted by atomic mass is 32.1. The van der Waals surface area contributed by atoms with Crippen molar-refractivity contribution in [2.75, 3.05) is 0 Å². The number of esters is 1. The standard InChI is InChI=1S/C14H11NO3S/c1-9-15-12-5-4-10(7-13(12)17-9)18-14(16)8-11-3-2-6-19-11/h2-7H,8H2,1H3. The molecule has 0 saturated heterocycles. The summed E-state index contributed by atoms with van der Waals surface area (Å²) >= 11 is 1.54. The van der Waals surface area contributed by atoms with E-state index in [9.17, 15) is 4.79 Å². The third-order valence-corrected chi connectivity index (χ3v) is 3.47. The predicted octanol–water partition coefficient (Wildman–Crippen LogP) is 3.35. The molecule has 1 aromatic carbocycles. The Balaban J connectivity index is 1.75. The van der Waals surface area contributed by atoms with E-state index in [0.717, 1.165) is 10.4 Å². The van der Waals surface area contributed by atoms with Gasteiger partial charge >= 0.3 is 5.97 Å². The van der Waals surface area contributed by atoms with Crippen LogP contribution in [0.15, 0.2) is 40.1 Å². The molecular formula is C14H11NO3S. The van der Waals surface area contributed by atoms with E-state index in [4.69, 9.17) is 9.15 Å². The van der Waals surface area contributed by atoms with Crippen molar-refractivity contribution in [3.8, 4) is 5.75 Å². The molecule has 3 rings (SSSR count). The Morgan fingerprint density at radius 1 is 1.42 bits per heavy atom. The zero-order valence-electron chi connectivity index (χ0n) is 10.3. The lowest BCUT2D eigenvalue weighted by atomic mass is 10.3. The fourth-order valence-electron chi connectivity index (χ4n) is 1.81. The van der Waals surface area contributed by atoms with Gasteiger partial charge in [-0.2, -0.15) is 0 Å². The monoisotopic (exact) mass is 273 g/mol. The van der Waals surface area contributed by atoms with Crippen LogP contribution in [0.2, 0.25) is 0 Å². The Morgan fingerprint density at radius 2 is 2.32 bits per heavy atom. The average Bonchev–Trinajstić information content (AvgIpc) is 2.96. The number of rotatable bonds is 3. The molecule has 5 heteroatoms. The second-order valence-corrected chi connectivity index (χ2v) is 5.12. The highest BCUT2D eigenvalue weighted by Crippen LogP contribution is 2.22. The first-order valence-electron chi connectivity index (χ1n) is 5.81. The fourth-order valence-corrected chi connectivity index (χ4v) is 2.50. The molecule has 4 nitrogen and oxygen atoms in total. The molecule has 0 bridgehead atoms. The molecule has 0 aliphatic heterocycles. The van der Waals surface area contributed by atoms with Gasteiger partial charge in [0.05, 0.1) is 6.42 Å². The molecule has 0 aliphatic rings. The van der Waals surface area contributed by atoms with Crippen molar-refractivity contribution in [1.29, 1.82) is 0 Å². The molecule has 0 atom stereocenters. The molecule has 0 aliphatic carbocycles. The van der Waals surface area contributed by atoms with Crippen LogP contribution in [-0.4, -0.2) is 11.0 Å². The number of nitrogens with zero attached hydrogens (tertiary/aromatic N) is 1. The number of oxazole rings is 1. The van der Waals surface area contributed by atoms with Gasteiger partial charge in [0.1, 0.15) is 11.3 Å². The maximum Gasteiger partial charge on any atom is 0.316 e. The van der Waals surface area contributed by atoms with Gasteiger partial charge in [-0.3, -0.25) is 4.79 Å². The number of aryl methyl sites for hydroxylation is 1. The number of ether oxygens (including phenoxy) is 1. The Kier molecular flexibility index (Phi) is 3.05. The largest absolute Gasteiger partial charge is 0.441 e. The van der Waals surface area contributed by atoms with Crippen LogP contribution < -0.4 is 4.74 Å². The van der Waals surface area contributed by atoms with Crippen LogP contribution in [0.25, 0.3) is 11.1 Å². The molecule has 0 fully saturated rings. The third kappa shape index (κ3) is 2.66. The van der Waals surface area contributed by atoms with Crippen molar-refractivity contribution in [1.82, 2.24) is 4.98 Å². The number of hydrogen-bond donors (Lipinski definition) is 0. The van der Waals surface area contributed by atoms with Crippen molar-refractivity contribution < 1.29 is 13.9 Å². The molecule has 0 N–H and O–H groups in total. The van der Waals surface area contributed by atoms with Crippen molar-refractivity contribution >= 4 is 28.4 Å². The summed E-state index contributed by atoms with van der Waals surface area (Å²) in [6.45, 7) is 1.78. The third-order valence-electron chi connectivity index (χ3n) is 2.60. The summed E-state index contributed by atoms with van der Waals surface area (Å²) in [6.07, 6.45) is 0.283. The Bertz CT molecular complexity index is 715. The number of benzene rings is 1. The lowest BCUT2D eigenvalue weighted by molar-refractivity contribution is -0.133. The van der Waals surface area contributed by atoms with Crippen LogP contribution in [-0.2, 0) is 11.2 Å². The Morgan fingerprint density at radius 3 is 3.11 bits per heavy atom. The zero-order chi connectivity index (χ0) is 13.2. The van der Waals surface area contributed by atoms with Gasteiger partial charge in [0.2, 0.25) is 0 Å². The van der Waals surface area contributed by atoms with E-state index in [-0.39, 0.29) is 12.4 Å². The second kappa shape index (κ2) is 4.85. The fraction of sp³-hybridized carbons (Fsp3) is 0.143. The molecule has 19 heavy (non-hydrogen) atoms. The average molecular weight is 273 g/mol. The van der Waals surface area contributed by atoms with E-state index < -0.39 is 0 Å². The van der Waals surface area contributed by atoms with Gasteiger partial charge in [-0.05, 0) is 23.6 Å². The van der Waals surface area contributed by atoms with E-state index >= 15 is 0 Å². The first-order chi connectivity index (χ1) is 9.20. The smallest absolute Gasteiger partial charge is 0.316 e. The molecule has 0 unspecified atom stereocenters. The highest BCUT2D eigenvalue weighted by molar-refractivity contribution is 7.10. The molecular weight excluding hydrogens is 262 g/mol. The topological polar surface area (TPSA) is 52.3 Å². The van der Waals surface area contributed by atoms with Crippen LogP contribution in [0.3, 0.4) is 0 Å². The number of carbonyl (C=O) groups excluding carboxylic acids is 1. The summed E-state index contributed by atoms with van der Waals surface area (Å²) in [6, 6.07) is 9.00. The normalized spacial score (nSPS) is 10.8. The quantitative estimate of drug-likeness (QED) is 0.542. The summed E-state index contributed by atoms with van der Waals surface area (Å²) < 4.78 is 10.7. The minimum atomic E-state index is -0.280. The van der Waals surface area contributed by atoms with Gasteiger partial charge in [-0.1, -0.05) is 6.07 Å². The van der Waals surface area contributed by atoms with Crippen molar-refractivity contribution in [2.45, 2.75) is 13.3 Å². The van der Waals surface area contributed by atoms with E-state index in [0.29, 0.717) is 17.2 Å². The predicted molar refractivity (Wildman–Crippen MR) is 72.4 cm³/mol. The van der Waals surface area contributed by atoms with E-state index in [1.807, 2.05) is 17.5 Å². The molecule has 2 aromatic heterocycles. The number of fused-ring (bicyclic) bond motifs is 1. The van der Waals surface area contributed by atoms with Gasteiger partial charge in [0, 0.05) is 17.9 Å². The molecule has 2 heterocycles. The minimum absolute atomic E-state index is 0.280. The second-order valence-electron chi connectivity index (χ2n) is 4.09. The summed E-state index contributed by atoms with van der Waals surface area (Å²) in [5, 5.41) is 1.94. The summed E-state index contributed by atoms with van der Waals surface area (Å²) in [4.78, 5) is 16.9. The molecule has 0 spiro atoms. The molecule has 96 valence electrons. The van der Waals surface area contributed by atoms with Gasteiger partial charge in [-0.15, -0.1) is 11.3 Å². The summed E-state index contributed by atoms with van der Waals surface area (Å²) in [7, 11) is 0. The Hall–Kier alpha value is -2.14. The van der Waals surface area contributed by atoms with Crippen LogP contribution >= 0.6 is 11.3 Å². The lowest BCUT2D eigenvalue weighted by Crippen LogP contribution is -2.10. The van der Waals surface area contributed by atoms with Gasteiger partial charge in [0.25, 0.3) is 0 Å². The Labute approximate surface area is 113 Å². The van der Waals surface area contributed by atoms with Crippen molar-refractivity contribution in [3.05, 3.63) is 46.5 Å². The zero-order valence-corrected chi connectivity index (χ0v) is 11.1. The van der Waals surface area contributed by atoms with Crippen LogP contribution in [0.4, 0.5) is 0 Å². The van der Waals surface area contributed by atoms with Gasteiger partial charge in [-0.25, -0.2) is 4.98 Å². The SMILES string of the molecule is Cc1nc2ccc(OC(=O)Cc3cccs3)cc2o1. The molecule has 0 saturated carbocycles. The maximum absolute atomic E-state index is 11.8. The highest BCUT2D eigenvalue weighted by Gasteiger charge is 2.09. The van der Waals surface area contributed by atoms with Crippen LogP contribution in [0.5, 0.6) is 5.75 Å². The lowest BCUT2D eigenvalue weighted by Gasteiger charge is -2.02. The number of carbonyl (C=O) groups is 1. The first kappa shape index (κ1) is 11.9. The summed E-state index contributed by atoms with van der Waals surface area (Å²) in [5.41, 5.74) is 1.38. The number of thiophene rings is 1.